The maximum atomic E-state index is 13.0. The number of amides is 1. The van der Waals surface area contributed by atoms with Gasteiger partial charge in [0, 0.05) is 19.1 Å². The fourth-order valence-electron chi connectivity index (χ4n) is 4.20. The molecular weight excluding hydrogens is 446 g/mol. The number of hydrogen-bond donors (Lipinski definition) is 2. The van der Waals surface area contributed by atoms with E-state index < -0.39 is 16.1 Å². The van der Waals surface area contributed by atoms with E-state index in [9.17, 15) is 13.2 Å². The minimum Gasteiger partial charge on any atom is -0.323 e. The van der Waals surface area contributed by atoms with Gasteiger partial charge in [0.05, 0.1) is 21.6 Å². The highest BCUT2D eigenvalue weighted by molar-refractivity contribution is 7.89. The molecule has 6 nitrogen and oxygen atoms in total. The first-order chi connectivity index (χ1) is 15.4. The highest BCUT2D eigenvalue weighted by atomic mass is 35.5. The van der Waals surface area contributed by atoms with Crippen LogP contribution in [0, 0.1) is 5.92 Å². The van der Waals surface area contributed by atoms with Crippen molar-refractivity contribution in [3.63, 3.8) is 0 Å². The summed E-state index contributed by atoms with van der Waals surface area (Å²) in [6, 6.07) is 14.3. The molecule has 1 aliphatic heterocycles. The Morgan fingerprint density at radius 3 is 2.41 bits per heavy atom. The first-order valence-electron chi connectivity index (χ1n) is 11.3. The normalized spacial score (nSPS) is 19.3. The molecule has 1 amide bonds. The Hall–Kier alpha value is -1.93. The molecule has 1 heterocycles. The molecule has 0 aromatic heterocycles. The molecule has 1 aliphatic carbocycles. The van der Waals surface area contributed by atoms with Crippen LogP contribution in [0.25, 0.3) is 0 Å². The molecule has 2 N–H and O–H groups in total. The summed E-state index contributed by atoms with van der Waals surface area (Å²) in [6.45, 7) is 2.86. The van der Waals surface area contributed by atoms with Gasteiger partial charge in [-0.15, -0.1) is 0 Å². The smallest absolute Gasteiger partial charge is 0.243 e. The summed E-state index contributed by atoms with van der Waals surface area (Å²) in [7, 11) is -3.61. The Morgan fingerprint density at radius 1 is 1.06 bits per heavy atom. The monoisotopic (exact) mass is 475 g/mol. The number of hydrogen-bond acceptors (Lipinski definition) is 4. The van der Waals surface area contributed by atoms with Crippen molar-refractivity contribution in [3.8, 4) is 0 Å². The van der Waals surface area contributed by atoms with Gasteiger partial charge in [-0.05, 0) is 62.3 Å². The van der Waals surface area contributed by atoms with Crippen molar-refractivity contribution >= 4 is 33.2 Å². The lowest BCUT2D eigenvalue weighted by Crippen LogP contribution is -2.41. The van der Waals surface area contributed by atoms with E-state index in [1.54, 1.807) is 0 Å². The van der Waals surface area contributed by atoms with E-state index in [4.69, 9.17) is 11.6 Å². The van der Waals surface area contributed by atoms with Crippen LogP contribution in [-0.4, -0.2) is 37.8 Å². The number of carbonyl (C=O) groups excluding carboxylic acids is 1. The second kappa shape index (κ2) is 9.91. The van der Waals surface area contributed by atoms with Crippen LogP contribution in [0.1, 0.15) is 50.6 Å². The van der Waals surface area contributed by atoms with Crippen LogP contribution in [0.4, 0.5) is 5.69 Å². The van der Waals surface area contributed by atoms with Gasteiger partial charge in [0.15, 0.2) is 0 Å². The van der Waals surface area contributed by atoms with Crippen molar-refractivity contribution < 1.29 is 13.2 Å². The first kappa shape index (κ1) is 23.2. The predicted molar refractivity (Wildman–Crippen MR) is 127 cm³/mol. The minimum atomic E-state index is -3.61. The average Bonchev–Trinajstić information content (AvgIpc) is 3.65. The molecule has 1 saturated heterocycles. The Labute approximate surface area is 195 Å². The first-order valence-corrected chi connectivity index (χ1v) is 13.1. The molecule has 0 spiro atoms. The van der Waals surface area contributed by atoms with Crippen LogP contribution in [-0.2, 0) is 14.8 Å². The molecule has 2 fully saturated rings. The van der Waals surface area contributed by atoms with Gasteiger partial charge >= 0.3 is 0 Å². The molecule has 2 aromatic rings. The maximum absolute atomic E-state index is 13.0. The van der Waals surface area contributed by atoms with Crippen molar-refractivity contribution in [2.45, 2.75) is 56.0 Å². The van der Waals surface area contributed by atoms with Gasteiger partial charge in [-0.25, -0.2) is 8.42 Å². The Morgan fingerprint density at radius 2 is 1.75 bits per heavy atom. The van der Waals surface area contributed by atoms with E-state index in [-0.39, 0.29) is 16.8 Å². The number of benzene rings is 2. The van der Waals surface area contributed by atoms with Crippen LogP contribution in [0.15, 0.2) is 53.4 Å². The summed E-state index contributed by atoms with van der Waals surface area (Å²) >= 11 is 6.30. The summed E-state index contributed by atoms with van der Waals surface area (Å²) in [5.41, 5.74) is 1.48. The van der Waals surface area contributed by atoms with Crippen molar-refractivity contribution in [1.82, 2.24) is 9.62 Å². The van der Waals surface area contributed by atoms with E-state index in [0.29, 0.717) is 29.7 Å². The largest absolute Gasteiger partial charge is 0.323 e. The van der Waals surface area contributed by atoms with Gasteiger partial charge < -0.3 is 5.32 Å². The van der Waals surface area contributed by atoms with E-state index in [1.807, 2.05) is 25.1 Å². The molecule has 0 radical (unpaired) electrons. The lowest BCUT2D eigenvalue weighted by atomic mass is 10.0. The van der Waals surface area contributed by atoms with Gasteiger partial charge in [-0.1, -0.05) is 48.4 Å². The SMILES string of the molecule is C[C@@H](N[C@@H](c1ccccc1)C1CC1)C(=O)Nc1cc(S(=O)(=O)N2CCCCC2)ccc1Cl. The van der Waals surface area contributed by atoms with E-state index in [2.05, 4.69) is 22.8 Å². The van der Waals surface area contributed by atoms with Gasteiger partial charge in [0.25, 0.3) is 0 Å². The molecule has 4 rings (SSSR count). The van der Waals surface area contributed by atoms with Crippen molar-refractivity contribution in [3.05, 3.63) is 59.1 Å². The fourth-order valence-corrected chi connectivity index (χ4v) is 5.90. The fraction of sp³-hybridized carbons (Fsp3) is 0.458. The maximum Gasteiger partial charge on any atom is 0.243 e. The molecule has 172 valence electrons. The quantitative estimate of drug-likeness (QED) is 0.585. The Bertz CT molecular complexity index is 1050. The van der Waals surface area contributed by atoms with Crippen LogP contribution in [0.3, 0.4) is 0 Å². The van der Waals surface area contributed by atoms with Crippen molar-refractivity contribution in [2.24, 2.45) is 5.92 Å². The number of nitrogens with one attached hydrogen (secondary N) is 2. The molecule has 2 aromatic carbocycles. The third-order valence-corrected chi connectivity index (χ3v) is 8.45. The van der Waals surface area contributed by atoms with Crippen molar-refractivity contribution in [2.75, 3.05) is 18.4 Å². The van der Waals surface area contributed by atoms with Gasteiger partial charge in [-0.2, -0.15) is 4.31 Å². The zero-order valence-electron chi connectivity index (χ0n) is 18.3. The molecule has 2 aliphatic rings. The Kier molecular flexibility index (Phi) is 7.20. The molecule has 0 unspecified atom stereocenters. The van der Waals surface area contributed by atoms with Crippen molar-refractivity contribution in [1.29, 1.82) is 0 Å². The summed E-state index contributed by atoms with van der Waals surface area (Å²) in [5.74, 6) is 0.273. The lowest BCUT2D eigenvalue weighted by Gasteiger charge is -2.26. The number of sulfonamides is 1. The molecule has 2 atom stereocenters. The zero-order valence-corrected chi connectivity index (χ0v) is 19.8. The number of nitrogens with zero attached hydrogens (tertiary/aromatic N) is 1. The summed E-state index contributed by atoms with van der Waals surface area (Å²) in [5, 5.41) is 6.58. The van der Waals surface area contributed by atoms with Crippen LogP contribution in [0.5, 0.6) is 0 Å². The molecular formula is C24H30ClN3O3S. The number of halogens is 1. The number of rotatable bonds is 8. The summed E-state index contributed by atoms with van der Waals surface area (Å²) in [6.07, 6.45) is 5.06. The summed E-state index contributed by atoms with van der Waals surface area (Å²) in [4.78, 5) is 13.1. The lowest BCUT2D eigenvalue weighted by molar-refractivity contribution is -0.118. The third-order valence-electron chi connectivity index (χ3n) is 6.22. The van der Waals surface area contributed by atoms with Gasteiger partial charge in [0.2, 0.25) is 15.9 Å². The number of piperidine rings is 1. The van der Waals surface area contributed by atoms with E-state index >= 15 is 0 Å². The highest BCUT2D eigenvalue weighted by Gasteiger charge is 2.34. The predicted octanol–water partition coefficient (Wildman–Crippen LogP) is 4.58. The van der Waals surface area contributed by atoms with Crippen LogP contribution in [0.2, 0.25) is 5.02 Å². The average molecular weight is 476 g/mol. The second-order valence-corrected chi connectivity index (χ2v) is 11.1. The van der Waals surface area contributed by atoms with Crippen LogP contribution >= 0.6 is 11.6 Å². The molecule has 8 heteroatoms. The molecule has 1 saturated carbocycles. The van der Waals surface area contributed by atoms with Gasteiger partial charge in [0.1, 0.15) is 0 Å². The Balaban J connectivity index is 1.47. The zero-order chi connectivity index (χ0) is 22.7. The minimum absolute atomic E-state index is 0.109. The van der Waals surface area contributed by atoms with E-state index in [0.717, 1.165) is 32.1 Å². The number of anilines is 1. The molecule has 32 heavy (non-hydrogen) atoms. The second-order valence-electron chi connectivity index (χ2n) is 8.71. The third kappa shape index (κ3) is 5.34. The molecule has 0 bridgehead atoms. The topological polar surface area (TPSA) is 78.5 Å². The standard InChI is InChI=1S/C24H30ClN3O3S/c1-17(26-23(19-10-11-19)18-8-4-2-5-9-18)24(29)27-22-16-20(12-13-21(22)25)32(30,31)28-14-6-3-7-15-28/h2,4-5,8-9,12-13,16-17,19,23,26H,3,6-7,10-11,14-15H2,1H3,(H,27,29)/t17-,23+/m1/s1. The highest BCUT2D eigenvalue weighted by Crippen LogP contribution is 2.41. The van der Waals surface area contributed by atoms with E-state index in [1.165, 1.54) is 28.1 Å². The number of carbonyl (C=O) groups is 1. The van der Waals surface area contributed by atoms with Gasteiger partial charge in [-0.3, -0.25) is 10.1 Å². The van der Waals surface area contributed by atoms with Crippen LogP contribution < -0.4 is 10.6 Å². The summed E-state index contributed by atoms with van der Waals surface area (Å²) < 4.78 is 27.5.